The van der Waals surface area contributed by atoms with Gasteiger partial charge in [0.2, 0.25) is 0 Å². The van der Waals surface area contributed by atoms with E-state index in [4.69, 9.17) is 0 Å². The van der Waals surface area contributed by atoms with Gasteiger partial charge in [-0.15, -0.1) is 0 Å². The van der Waals surface area contributed by atoms with Crippen molar-refractivity contribution in [3.8, 4) is 0 Å². The fourth-order valence-corrected chi connectivity index (χ4v) is 2.45. The summed E-state index contributed by atoms with van der Waals surface area (Å²) in [5.41, 5.74) is 0.716. The van der Waals surface area contributed by atoms with Crippen molar-refractivity contribution in [2.45, 2.75) is 39.0 Å². The molecular formula is C12H24N2. The first-order chi connectivity index (χ1) is 6.85. The second-order valence-electron chi connectivity index (χ2n) is 5.18. The zero-order valence-electron chi connectivity index (χ0n) is 9.44. The summed E-state index contributed by atoms with van der Waals surface area (Å²) in [5, 5.41) is 7.06. The fourth-order valence-electron chi connectivity index (χ4n) is 2.45. The van der Waals surface area contributed by atoms with Crippen molar-refractivity contribution in [3.05, 3.63) is 0 Å². The van der Waals surface area contributed by atoms with Crippen LogP contribution in [-0.4, -0.2) is 26.2 Å². The van der Waals surface area contributed by atoms with Gasteiger partial charge in [-0.05, 0) is 63.1 Å². The lowest BCUT2D eigenvalue weighted by Gasteiger charge is -2.14. The van der Waals surface area contributed by atoms with E-state index >= 15 is 0 Å². The molecule has 1 saturated carbocycles. The standard InChI is InChI=1S/C12H24N2/c1-2-12(5-6-12)10-14-8-4-11-3-7-13-9-11/h11,13-14H,2-10H2,1H3. The largest absolute Gasteiger partial charge is 0.316 e. The molecular weight excluding hydrogens is 172 g/mol. The molecule has 2 nitrogen and oxygen atoms in total. The minimum absolute atomic E-state index is 0.716. The average molecular weight is 196 g/mol. The first kappa shape index (κ1) is 10.4. The van der Waals surface area contributed by atoms with Crippen LogP contribution in [0.1, 0.15) is 39.0 Å². The molecule has 0 bridgehead atoms. The third-order valence-electron chi connectivity index (χ3n) is 4.10. The number of nitrogens with one attached hydrogen (secondary N) is 2. The highest BCUT2D eigenvalue weighted by Gasteiger charge is 2.39. The molecule has 0 spiro atoms. The maximum absolute atomic E-state index is 3.64. The van der Waals surface area contributed by atoms with Crippen molar-refractivity contribution in [3.63, 3.8) is 0 Å². The molecule has 14 heavy (non-hydrogen) atoms. The summed E-state index contributed by atoms with van der Waals surface area (Å²) in [7, 11) is 0. The van der Waals surface area contributed by atoms with E-state index in [2.05, 4.69) is 17.6 Å². The molecule has 2 aliphatic rings. The predicted octanol–water partition coefficient (Wildman–Crippen LogP) is 1.77. The van der Waals surface area contributed by atoms with Crippen molar-refractivity contribution in [1.29, 1.82) is 0 Å². The lowest BCUT2D eigenvalue weighted by Crippen LogP contribution is -2.26. The van der Waals surface area contributed by atoms with Crippen LogP contribution in [-0.2, 0) is 0 Å². The first-order valence-electron chi connectivity index (χ1n) is 6.26. The van der Waals surface area contributed by atoms with Gasteiger partial charge < -0.3 is 10.6 Å². The van der Waals surface area contributed by atoms with Crippen LogP contribution < -0.4 is 10.6 Å². The topological polar surface area (TPSA) is 24.1 Å². The van der Waals surface area contributed by atoms with E-state index in [1.807, 2.05) is 0 Å². The molecule has 0 amide bonds. The van der Waals surface area contributed by atoms with Crippen LogP contribution >= 0.6 is 0 Å². The summed E-state index contributed by atoms with van der Waals surface area (Å²) < 4.78 is 0. The lowest BCUT2D eigenvalue weighted by atomic mass is 10.0. The summed E-state index contributed by atoms with van der Waals surface area (Å²) in [6, 6.07) is 0. The second kappa shape index (κ2) is 4.63. The summed E-state index contributed by atoms with van der Waals surface area (Å²) in [6.07, 6.45) is 7.04. The van der Waals surface area contributed by atoms with Crippen LogP contribution in [0.25, 0.3) is 0 Å². The molecule has 2 heteroatoms. The highest BCUT2D eigenvalue weighted by molar-refractivity contribution is 4.93. The van der Waals surface area contributed by atoms with E-state index in [1.165, 1.54) is 58.3 Å². The van der Waals surface area contributed by atoms with Crippen molar-refractivity contribution in [2.75, 3.05) is 26.2 Å². The first-order valence-corrected chi connectivity index (χ1v) is 6.26. The molecule has 1 aliphatic carbocycles. The maximum Gasteiger partial charge on any atom is 0.000771 e. The highest BCUT2D eigenvalue weighted by atomic mass is 14.9. The van der Waals surface area contributed by atoms with Gasteiger partial charge in [0, 0.05) is 6.54 Å². The van der Waals surface area contributed by atoms with E-state index in [0.717, 1.165) is 5.92 Å². The molecule has 1 heterocycles. The van der Waals surface area contributed by atoms with Crippen molar-refractivity contribution < 1.29 is 0 Å². The second-order valence-corrected chi connectivity index (χ2v) is 5.18. The van der Waals surface area contributed by atoms with E-state index < -0.39 is 0 Å². The summed E-state index contributed by atoms with van der Waals surface area (Å²) in [4.78, 5) is 0. The van der Waals surface area contributed by atoms with Gasteiger partial charge in [-0.1, -0.05) is 6.92 Å². The quantitative estimate of drug-likeness (QED) is 0.633. The molecule has 2 rings (SSSR count). The average Bonchev–Trinajstić information content (AvgIpc) is 2.81. The maximum atomic E-state index is 3.64. The van der Waals surface area contributed by atoms with Gasteiger partial charge in [-0.25, -0.2) is 0 Å². The molecule has 1 atom stereocenters. The highest BCUT2D eigenvalue weighted by Crippen LogP contribution is 2.47. The molecule has 0 aromatic carbocycles. The van der Waals surface area contributed by atoms with Crippen molar-refractivity contribution in [1.82, 2.24) is 10.6 Å². The Balaban J connectivity index is 1.50. The predicted molar refractivity (Wildman–Crippen MR) is 60.4 cm³/mol. The summed E-state index contributed by atoms with van der Waals surface area (Å²) in [5.74, 6) is 0.944. The van der Waals surface area contributed by atoms with Crippen LogP contribution in [0.15, 0.2) is 0 Å². The monoisotopic (exact) mass is 196 g/mol. The van der Waals surface area contributed by atoms with E-state index in [9.17, 15) is 0 Å². The Morgan fingerprint density at radius 1 is 1.43 bits per heavy atom. The van der Waals surface area contributed by atoms with Crippen LogP contribution in [0.4, 0.5) is 0 Å². The van der Waals surface area contributed by atoms with E-state index in [1.54, 1.807) is 0 Å². The summed E-state index contributed by atoms with van der Waals surface area (Å²) in [6.45, 7) is 7.32. The van der Waals surface area contributed by atoms with Gasteiger partial charge in [-0.3, -0.25) is 0 Å². The number of rotatable bonds is 6. The van der Waals surface area contributed by atoms with Gasteiger partial charge in [0.15, 0.2) is 0 Å². The van der Waals surface area contributed by atoms with Crippen LogP contribution in [0.5, 0.6) is 0 Å². The zero-order valence-corrected chi connectivity index (χ0v) is 9.44. The lowest BCUT2D eigenvalue weighted by molar-refractivity contribution is 0.421. The Labute approximate surface area is 87.8 Å². The van der Waals surface area contributed by atoms with E-state index in [0.29, 0.717) is 5.41 Å². The molecule has 1 aliphatic heterocycles. The third-order valence-corrected chi connectivity index (χ3v) is 4.10. The minimum atomic E-state index is 0.716. The molecule has 1 saturated heterocycles. The Bertz CT molecular complexity index is 169. The Morgan fingerprint density at radius 2 is 2.29 bits per heavy atom. The zero-order chi connectivity index (χ0) is 9.86. The Kier molecular flexibility index (Phi) is 3.45. The molecule has 0 radical (unpaired) electrons. The molecule has 2 N–H and O–H groups in total. The SMILES string of the molecule is CCC1(CNCCC2CCNC2)CC1. The minimum Gasteiger partial charge on any atom is -0.316 e. The smallest absolute Gasteiger partial charge is 0.000771 e. The van der Waals surface area contributed by atoms with Crippen LogP contribution in [0, 0.1) is 11.3 Å². The van der Waals surface area contributed by atoms with Gasteiger partial charge in [0.05, 0.1) is 0 Å². The molecule has 82 valence electrons. The Morgan fingerprint density at radius 3 is 2.86 bits per heavy atom. The molecule has 1 unspecified atom stereocenters. The third kappa shape index (κ3) is 2.71. The van der Waals surface area contributed by atoms with Crippen molar-refractivity contribution >= 4 is 0 Å². The molecule has 2 fully saturated rings. The normalized spacial score (nSPS) is 29.4. The van der Waals surface area contributed by atoms with Gasteiger partial charge in [0.1, 0.15) is 0 Å². The van der Waals surface area contributed by atoms with E-state index in [-0.39, 0.29) is 0 Å². The van der Waals surface area contributed by atoms with Crippen LogP contribution in [0.3, 0.4) is 0 Å². The van der Waals surface area contributed by atoms with Gasteiger partial charge >= 0.3 is 0 Å². The van der Waals surface area contributed by atoms with Gasteiger partial charge in [-0.2, -0.15) is 0 Å². The fraction of sp³-hybridized carbons (Fsp3) is 1.00. The summed E-state index contributed by atoms with van der Waals surface area (Å²) >= 11 is 0. The van der Waals surface area contributed by atoms with Crippen molar-refractivity contribution in [2.24, 2.45) is 11.3 Å². The van der Waals surface area contributed by atoms with Gasteiger partial charge in [0.25, 0.3) is 0 Å². The molecule has 0 aromatic heterocycles. The Hall–Kier alpha value is -0.0800. The van der Waals surface area contributed by atoms with Crippen LogP contribution in [0.2, 0.25) is 0 Å². The number of hydrogen-bond donors (Lipinski definition) is 2. The molecule has 0 aromatic rings. The number of hydrogen-bond acceptors (Lipinski definition) is 2.